The molecule has 1 fully saturated rings. The number of ether oxygens (including phenoxy) is 1. The summed E-state index contributed by atoms with van der Waals surface area (Å²) in [6, 6.07) is 0. The summed E-state index contributed by atoms with van der Waals surface area (Å²) in [6.07, 6.45) is 5.33. The van der Waals surface area contributed by atoms with Crippen molar-refractivity contribution in [3.63, 3.8) is 0 Å². The van der Waals surface area contributed by atoms with E-state index < -0.39 is 5.54 Å². The van der Waals surface area contributed by atoms with Gasteiger partial charge in [-0.25, -0.2) is 0 Å². The molecule has 21 heavy (non-hydrogen) atoms. The van der Waals surface area contributed by atoms with Crippen LogP contribution in [0.15, 0.2) is 0 Å². The van der Waals surface area contributed by atoms with Gasteiger partial charge in [-0.1, -0.05) is 34.1 Å². The summed E-state index contributed by atoms with van der Waals surface area (Å²) >= 11 is 1.99. The predicted molar refractivity (Wildman–Crippen MR) is 91.8 cm³/mol. The number of esters is 1. The molecular weight excluding hydrogens is 282 g/mol. The van der Waals surface area contributed by atoms with E-state index in [1.165, 1.54) is 0 Å². The van der Waals surface area contributed by atoms with Crippen molar-refractivity contribution in [2.75, 3.05) is 18.9 Å². The molecule has 2 unspecified atom stereocenters. The van der Waals surface area contributed by atoms with Gasteiger partial charge in [0.05, 0.1) is 6.61 Å². The second kappa shape index (κ2) is 8.42. The summed E-state index contributed by atoms with van der Waals surface area (Å²) < 4.78 is 5.69. The van der Waals surface area contributed by atoms with Gasteiger partial charge >= 0.3 is 5.97 Å². The molecule has 2 atom stereocenters. The van der Waals surface area contributed by atoms with Gasteiger partial charge in [-0.3, -0.25) is 4.79 Å². The van der Waals surface area contributed by atoms with Crippen LogP contribution >= 0.6 is 11.8 Å². The van der Waals surface area contributed by atoms with Crippen molar-refractivity contribution in [2.24, 2.45) is 5.92 Å². The third-order valence-electron chi connectivity index (χ3n) is 4.15. The van der Waals surface area contributed by atoms with Crippen LogP contribution in [0.5, 0.6) is 0 Å². The Hall–Kier alpha value is -0.220. The van der Waals surface area contributed by atoms with Gasteiger partial charge in [0.25, 0.3) is 0 Å². The fourth-order valence-electron chi connectivity index (χ4n) is 3.16. The van der Waals surface area contributed by atoms with Crippen LogP contribution in [-0.2, 0) is 9.53 Å². The van der Waals surface area contributed by atoms with Crippen molar-refractivity contribution >= 4 is 17.7 Å². The van der Waals surface area contributed by atoms with Gasteiger partial charge in [0.1, 0.15) is 5.54 Å². The Bertz CT molecular complexity index is 327. The Labute approximate surface area is 135 Å². The first-order valence-corrected chi connectivity index (χ1v) is 9.40. The highest BCUT2D eigenvalue weighted by Gasteiger charge is 2.49. The highest BCUT2D eigenvalue weighted by Crippen LogP contribution is 2.40. The molecule has 1 aliphatic carbocycles. The molecule has 4 heteroatoms. The van der Waals surface area contributed by atoms with E-state index in [0.29, 0.717) is 17.3 Å². The van der Waals surface area contributed by atoms with Gasteiger partial charge in [0, 0.05) is 4.75 Å². The van der Waals surface area contributed by atoms with Gasteiger partial charge in [-0.05, 0) is 50.8 Å². The minimum absolute atomic E-state index is 0.0262. The molecule has 0 radical (unpaired) electrons. The molecule has 124 valence electrons. The summed E-state index contributed by atoms with van der Waals surface area (Å²) in [5.41, 5.74) is -0.426. The van der Waals surface area contributed by atoms with E-state index in [1.807, 2.05) is 18.7 Å². The lowest BCUT2D eigenvalue weighted by atomic mass is 9.84. The second-order valence-corrected chi connectivity index (χ2v) is 8.88. The average molecular weight is 316 g/mol. The highest BCUT2D eigenvalue weighted by molar-refractivity contribution is 8.00. The minimum Gasteiger partial charge on any atom is -0.465 e. The van der Waals surface area contributed by atoms with Crippen molar-refractivity contribution < 1.29 is 9.53 Å². The maximum atomic E-state index is 12.6. The van der Waals surface area contributed by atoms with Crippen LogP contribution in [0.4, 0.5) is 0 Å². The number of carbonyl (C=O) groups is 1. The van der Waals surface area contributed by atoms with E-state index in [2.05, 4.69) is 33.0 Å². The van der Waals surface area contributed by atoms with Crippen LogP contribution in [0, 0.1) is 5.92 Å². The number of carbonyl (C=O) groups excluding carboxylic acids is 1. The Balaban J connectivity index is 2.71. The highest BCUT2D eigenvalue weighted by atomic mass is 32.2. The fraction of sp³-hybridized carbons (Fsp3) is 0.941. The molecule has 0 bridgehead atoms. The Morgan fingerprint density at radius 2 is 2.10 bits per heavy atom. The van der Waals surface area contributed by atoms with Gasteiger partial charge in [0.2, 0.25) is 0 Å². The maximum Gasteiger partial charge on any atom is 0.326 e. The molecular formula is C17H33NO2S. The molecule has 1 rings (SSSR count). The molecule has 1 aliphatic rings. The zero-order valence-corrected chi connectivity index (χ0v) is 15.3. The molecule has 0 aromatic rings. The van der Waals surface area contributed by atoms with Crippen molar-refractivity contribution in [1.29, 1.82) is 0 Å². The standard InChI is InChI=1S/C17H33NO2S/c1-6-12-18-17(15(19)20-7-2)11-8-9-14(17)10-13-21-16(3,4)5/h14,18H,6-13H2,1-5H3. The van der Waals surface area contributed by atoms with Gasteiger partial charge in [0.15, 0.2) is 0 Å². The summed E-state index contributed by atoms with van der Waals surface area (Å²) in [7, 11) is 0. The molecule has 0 aromatic carbocycles. The zero-order chi connectivity index (χ0) is 15.9. The van der Waals surface area contributed by atoms with Crippen molar-refractivity contribution in [2.45, 2.75) is 77.0 Å². The first-order chi connectivity index (χ1) is 9.85. The zero-order valence-electron chi connectivity index (χ0n) is 14.5. The Morgan fingerprint density at radius 3 is 2.67 bits per heavy atom. The van der Waals surface area contributed by atoms with Crippen molar-refractivity contribution in [3.8, 4) is 0 Å². The molecule has 0 saturated heterocycles. The summed E-state index contributed by atoms with van der Waals surface area (Å²) in [6.45, 7) is 12.1. The lowest BCUT2D eigenvalue weighted by molar-refractivity contribution is -0.153. The van der Waals surface area contributed by atoms with E-state index in [1.54, 1.807) is 0 Å². The first kappa shape index (κ1) is 18.8. The second-order valence-electron chi connectivity index (χ2n) is 6.96. The average Bonchev–Trinajstić information content (AvgIpc) is 2.79. The number of rotatable bonds is 8. The lowest BCUT2D eigenvalue weighted by Crippen LogP contribution is -2.56. The largest absolute Gasteiger partial charge is 0.465 e. The third kappa shape index (κ3) is 5.48. The Morgan fingerprint density at radius 1 is 1.38 bits per heavy atom. The fourth-order valence-corrected chi connectivity index (χ4v) is 4.17. The minimum atomic E-state index is -0.426. The monoisotopic (exact) mass is 315 g/mol. The molecule has 1 saturated carbocycles. The maximum absolute atomic E-state index is 12.6. The van der Waals surface area contributed by atoms with Crippen LogP contribution in [-0.4, -0.2) is 35.2 Å². The quantitative estimate of drug-likeness (QED) is 0.687. The van der Waals surface area contributed by atoms with E-state index in [0.717, 1.165) is 44.4 Å². The van der Waals surface area contributed by atoms with Crippen molar-refractivity contribution in [3.05, 3.63) is 0 Å². The molecule has 0 aliphatic heterocycles. The third-order valence-corrected chi connectivity index (χ3v) is 5.46. The van der Waals surface area contributed by atoms with Crippen LogP contribution in [0.3, 0.4) is 0 Å². The molecule has 0 aromatic heterocycles. The van der Waals surface area contributed by atoms with E-state index in [-0.39, 0.29) is 5.97 Å². The lowest BCUT2D eigenvalue weighted by Gasteiger charge is -2.34. The summed E-state index contributed by atoms with van der Waals surface area (Å²) in [5.74, 6) is 1.50. The molecule has 1 N–H and O–H groups in total. The number of nitrogens with one attached hydrogen (secondary N) is 1. The van der Waals surface area contributed by atoms with Gasteiger partial charge < -0.3 is 10.1 Å². The molecule has 0 amide bonds. The number of hydrogen-bond acceptors (Lipinski definition) is 4. The first-order valence-electron chi connectivity index (χ1n) is 8.42. The van der Waals surface area contributed by atoms with Gasteiger partial charge in [-0.15, -0.1) is 0 Å². The number of thioether (sulfide) groups is 1. The molecule has 3 nitrogen and oxygen atoms in total. The van der Waals surface area contributed by atoms with Crippen LogP contribution in [0.25, 0.3) is 0 Å². The Kier molecular flexibility index (Phi) is 7.55. The molecule has 0 spiro atoms. The topological polar surface area (TPSA) is 38.3 Å². The number of hydrogen-bond donors (Lipinski definition) is 1. The van der Waals surface area contributed by atoms with Crippen LogP contribution in [0.2, 0.25) is 0 Å². The van der Waals surface area contributed by atoms with E-state index in [4.69, 9.17) is 4.74 Å². The predicted octanol–water partition coefficient (Wildman–Crippen LogP) is 4.01. The summed E-state index contributed by atoms with van der Waals surface area (Å²) in [4.78, 5) is 12.6. The normalized spacial score (nSPS) is 26.0. The smallest absolute Gasteiger partial charge is 0.326 e. The SMILES string of the molecule is CCCNC1(C(=O)OCC)CCCC1CCSC(C)(C)C. The summed E-state index contributed by atoms with van der Waals surface area (Å²) in [5, 5.41) is 3.54. The van der Waals surface area contributed by atoms with Crippen molar-refractivity contribution in [1.82, 2.24) is 5.32 Å². The van der Waals surface area contributed by atoms with E-state index >= 15 is 0 Å². The van der Waals surface area contributed by atoms with Crippen LogP contribution < -0.4 is 5.32 Å². The molecule has 0 heterocycles. The van der Waals surface area contributed by atoms with Gasteiger partial charge in [-0.2, -0.15) is 11.8 Å². The van der Waals surface area contributed by atoms with E-state index in [9.17, 15) is 4.79 Å². The van der Waals surface area contributed by atoms with Crippen LogP contribution in [0.1, 0.15) is 66.7 Å².